The van der Waals surface area contributed by atoms with Crippen LogP contribution in [0.3, 0.4) is 0 Å². The lowest BCUT2D eigenvalue weighted by Gasteiger charge is -2.39. The summed E-state index contributed by atoms with van der Waals surface area (Å²) in [6, 6.07) is 10.6. The number of nitrogens with zero attached hydrogens (tertiary/aromatic N) is 4. The topological polar surface area (TPSA) is 61.4 Å². The average molecular weight is 394 g/mol. The Balaban J connectivity index is 1.65. The molecule has 0 bridgehead atoms. The Morgan fingerprint density at radius 2 is 1.76 bits per heavy atom. The molecular formula is C23H31N5O. The first-order valence-corrected chi connectivity index (χ1v) is 10.7. The molecule has 6 heteroatoms. The standard InChI is InChI=1S/C23H31N5O/c1-15-13-27(14-16(2)24-15)23(29)20-11-8-12-28(20)22-17(3)18(4)25-21(26-22)19-9-6-5-7-10-19/h5-7,9-10,15-16,20,24H,8,11-14H2,1-4H3. The van der Waals surface area contributed by atoms with Gasteiger partial charge >= 0.3 is 0 Å². The smallest absolute Gasteiger partial charge is 0.245 e. The minimum atomic E-state index is -0.135. The summed E-state index contributed by atoms with van der Waals surface area (Å²) in [5.41, 5.74) is 3.03. The van der Waals surface area contributed by atoms with Crippen LogP contribution < -0.4 is 10.2 Å². The zero-order valence-electron chi connectivity index (χ0n) is 17.9. The van der Waals surface area contributed by atoms with Crippen molar-refractivity contribution < 1.29 is 4.79 Å². The molecule has 3 unspecified atom stereocenters. The van der Waals surface area contributed by atoms with Crippen molar-refractivity contribution >= 4 is 11.7 Å². The number of benzene rings is 1. The maximum Gasteiger partial charge on any atom is 0.245 e. The Labute approximate surface area is 173 Å². The van der Waals surface area contributed by atoms with Crippen LogP contribution in [-0.2, 0) is 4.79 Å². The molecule has 6 nitrogen and oxygen atoms in total. The molecule has 1 N–H and O–H groups in total. The lowest BCUT2D eigenvalue weighted by molar-refractivity contribution is -0.134. The van der Waals surface area contributed by atoms with Crippen molar-refractivity contribution in [3.8, 4) is 11.4 Å². The lowest BCUT2D eigenvalue weighted by atomic mass is 10.1. The summed E-state index contributed by atoms with van der Waals surface area (Å²) in [6.45, 7) is 10.8. The van der Waals surface area contributed by atoms with Crippen molar-refractivity contribution in [1.29, 1.82) is 0 Å². The zero-order valence-corrected chi connectivity index (χ0v) is 17.9. The molecule has 1 aromatic heterocycles. The van der Waals surface area contributed by atoms with Crippen LogP contribution >= 0.6 is 0 Å². The van der Waals surface area contributed by atoms with E-state index >= 15 is 0 Å². The number of piperazine rings is 1. The molecule has 2 aliphatic heterocycles. The van der Waals surface area contributed by atoms with E-state index in [-0.39, 0.29) is 11.9 Å². The highest BCUT2D eigenvalue weighted by Crippen LogP contribution is 2.31. The second-order valence-electron chi connectivity index (χ2n) is 8.51. The van der Waals surface area contributed by atoms with Crippen LogP contribution in [0, 0.1) is 13.8 Å². The predicted molar refractivity (Wildman–Crippen MR) is 116 cm³/mol. The zero-order chi connectivity index (χ0) is 20.5. The maximum atomic E-state index is 13.4. The van der Waals surface area contributed by atoms with Crippen LogP contribution in [0.15, 0.2) is 30.3 Å². The molecule has 2 saturated heterocycles. The molecule has 29 heavy (non-hydrogen) atoms. The van der Waals surface area contributed by atoms with Gasteiger partial charge in [0.05, 0.1) is 0 Å². The van der Waals surface area contributed by atoms with E-state index in [0.717, 1.165) is 60.9 Å². The Bertz CT molecular complexity index is 874. The molecule has 154 valence electrons. The van der Waals surface area contributed by atoms with Gasteiger partial charge in [-0.15, -0.1) is 0 Å². The lowest BCUT2D eigenvalue weighted by Crippen LogP contribution is -2.59. The molecule has 0 spiro atoms. The second kappa shape index (κ2) is 8.11. The van der Waals surface area contributed by atoms with Gasteiger partial charge in [0.2, 0.25) is 5.91 Å². The van der Waals surface area contributed by atoms with E-state index in [1.807, 2.05) is 42.2 Å². The minimum absolute atomic E-state index is 0.135. The van der Waals surface area contributed by atoms with Crippen molar-refractivity contribution in [2.75, 3.05) is 24.5 Å². The van der Waals surface area contributed by atoms with Gasteiger partial charge in [0.15, 0.2) is 5.82 Å². The van der Waals surface area contributed by atoms with E-state index < -0.39 is 0 Å². The fourth-order valence-electron chi connectivity index (χ4n) is 4.60. The maximum absolute atomic E-state index is 13.4. The van der Waals surface area contributed by atoms with Crippen molar-refractivity contribution in [3.63, 3.8) is 0 Å². The molecule has 3 atom stereocenters. The molecule has 2 aromatic rings. The first-order valence-electron chi connectivity index (χ1n) is 10.7. The Hall–Kier alpha value is -2.47. The molecule has 2 fully saturated rings. The van der Waals surface area contributed by atoms with Crippen LogP contribution in [0.25, 0.3) is 11.4 Å². The summed E-state index contributed by atoms with van der Waals surface area (Å²) in [5, 5.41) is 3.51. The highest BCUT2D eigenvalue weighted by Gasteiger charge is 2.37. The second-order valence-corrected chi connectivity index (χ2v) is 8.51. The van der Waals surface area contributed by atoms with Crippen LogP contribution in [-0.4, -0.2) is 58.5 Å². The highest BCUT2D eigenvalue weighted by molar-refractivity contribution is 5.86. The molecule has 0 aliphatic carbocycles. The van der Waals surface area contributed by atoms with Gasteiger partial charge < -0.3 is 15.1 Å². The number of hydrogen-bond acceptors (Lipinski definition) is 5. The summed E-state index contributed by atoms with van der Waals surface area (Å²) in [6.07, 6.45) is 1.89. The Kier molecular flexibility index (Phi) is 5.54. The van der Waals surface area contributed by atoms with Gasteiger partial charge in [-0.05, 0) is 40.5 Å². The molecular weight excluding hydrogens is 362 g/mol. The fourth-order valence-corrected chi connectivity index (χ4v) is 4.60. The number of rotatable bonds is 3. The summed E-state index contributed by atoms with van der Waals surface area (Å²) in [7, 11) is 0. The number of hydrogen-bond donors (Lipinski definition) is 1. The molecule has 0 saturated carbocycles. The van der Waals surface area contributed by atoms with Crippen LogP contribution in [0.2, 0.25) is 0 Å². The number of aromatic nitrogens is 2. The first kappa shape index (κ1) is 19.8. The number of amides is 1. The number of anilines is 1. The van der Waals surface area contributed by atoms with Gasteiger partial charge in [-0.3, -0.25) is 4.79 Å². The summed E-state index contributed by atoms with van der Waals surface area (Å²) < 4.78 is 0. The van der Waals surface area contributed by atoms with Gasteiger partial charge in [0, 0.05) is 48.5 Å². The molecule has 3 heterocycles. The van der Waals surface area contributed by atoms with Crippen molar-refractivity contribution in [1.82, 2.24) is 20.2 Å². The molecule has 0 radical (unpaired) electrons. The van der Waals surface area contributed by atoms with Crippen molar-refractivity contribution in [2.24, 2.45) is 0 Å². The van der Waals surface area contributed by atoms with E-state index in [1.54, 1.807) is 0 Å². The van der Waals surface area contributed by atoms with Crippen molar-refractivity contribution in [2.45, 2.75) is 58.7 Å². The minimum Gasteiger partial charge on any atom is -0.344 e. The van der Waals surface area contributed by atoms with E-state index in [9.17, 15) is 4.79 Å². The normalized spacial score (nSPS) is 24.8. The Morgan fingerprint density at radius 3 is 2.45 bits per heavy atom. The van der Waals surface area contributed by atoms with Gasteiger partial charge in [-0.1, -0.05) is 30.3 Å². The third-order valence-electron chi connectivity index (χ3n) is 6.07. The van der Waals surface area contributed by atoms with Gasteiger partial charge in [-0.2, -0.15) is 0 Å². The molecule has 1 amide bonds. The van der Waals surface area contributed by atoms with Gasteiger partial charge in [0.25, 0.3) is 0 Å². The third kappa shape index (κ3) is 3.99. The monoisotopic (exact) mass is 393 g/mol. The average Bonchev–Trinajstić information content (AvgIpc) is 3.19. The third-order valence-corrected chi connectivity index (χ3v) is 6.07. The summed E-state index contributed by atoms with van der Waals surface area (Å²) >= 11 is 0. The van der Waals surface area contributed by atoms with Crippen molar-refractivity contribution in [3.05, 3.63) is 41.6 Å². The van der Waals surface area contributed by atoms with Gasteiger partial charge in [0.1, 0.15) is 11.9 Å². The van der Waals surface area contributed by atoms with Crippen LogP contribution in [0.1, 0.15) is 37.9 Å². The largest absolute Gasteiger partial charge is 0.344 e. The molecule has 2 aliphatic rings. The summed E-state index contributed by atoms with van der Waals surface area (Å²) in [5.74, 6) is 1.87. The number of aryl methyl sites for hydroxylation is 1. The molecule has 4 rings (SSSR count). The van der Waals surface area contributed by atoms with Gasteiger partial charge in [-0.25, -0.2) is 9.97 Å². The van der Waals surface area contributed by atoms with Crippen LogP contribution in [0.4, 0.5) is 5.82 Å². The van der Waals surface area contributed by atoms with E-state index in [2.05, 4.69) is 31.0 Å². The number of carbonyl (C=O) groups is 1. The SMILES string of the molecule is Cc1nc(-c2ccccc2)nc(N2CCCC2C(=O)N2CC(C)NC(C)C2)c1C. The van der Waals surface area contributed by atoms with E-state index in [1.165, 1.54) is 0 Å². The number of nitrogens with one attached hydrogen (secondary N) is 1. The van der Waals surface area contributed by atoms with E-state index in [4.69, 9.17) is 9.97 Å². The summed E-state index contributed by atoms with van der Waals surface area (Å²) in [4.78, 5) is 27.3. The fraction of sp³-hybridized carbons (Fsp3) is 0.522. The van der Waals surface area contributed by atoms with E-state index in [0.29, 0.717) is 12.1 Å². The Morgan fingerprint density at radius 1 is 1.07 bits per heavy atom. The van der Waals surface area contributed by atoms with Crippen LogP contribution in [0.5, 0.6) is 0 Å². The first-order chi connectivity index (χ1) is 13.9. The highest BCUT2D eigenvalue weighted by atomic mass is 16.2. The quantitative estimate of drug-likeness (QED) is 0.869. The predicted octanol–water partition coefficient (Wildman–Crippen LogP) is 2.94. The number of carbonyl (C=O) groups excluding carboxylic acids is 1. The molecule has 1 aromatic carbocycles.